The molecular weight excluding hydrogens is 426 g/mol. The van der Waals surface area contributed by atoms with Crippen LogP contribution >= 0.6 is 11.6 Å². The third-order valence-electron chi connectivity index (χ3n) is 4.51. The van der Waals surface area contributed by atoms with E-state index in [0.717, 1.165) is 5.01 Å². The van der Waals surface area contributed by atoms with E-state index < -0.39 is 36.2 Å². The van der Waals surface area contributed by atoms with Gasteiger partial charge in [-0.05, 0) is 24.3 Å². The van der Waals surface area contributed by atoms with E-state index in [0.29, 0.717) is 11.4 Å². The Bertz CT molecular complexity index is 1010. The van der Waals surface area contributed by atoms with Crippen LogP contribution in [0, 0.1) is 5.92 Å². The molecule has 2 aromatic rings. The quantitative estimate of drug-likeness (QED) is 0.630. The van der Waals surface area contributed by atoms with Crippen LogP contribution in [-0.2, 0) is 19.1 Å². The molecular formula is C21H20ClN3O6. The van der Waals surface area contributed by atoms with Gasteiger partial charge in [0.15, 0.2) is 6.61 Å². The standard InChI is InChI=1S/C21H20ClN3O6/c1-30-15-6-4-5-14(10-15)23-18(26)12-31-21(29)13-9-19(27)25(11-13)24-20(28)16-7-2-3-8-17(16)22/h2-8,10,13H,9,11-12H2,1H3,(H,23,26)(H,24,28)/t13-/m0/s1. The zero-order chi connectivity index (χ0) is 22.4. The van der Waals surface area contributed by atoms with Crippen LogP contribution in [0.15, 0.2) is 48.5 Å². The lowest BCUT2D eigenvalue weighted by Crippen LogP contribution is -2.43. The molecule has 162 valence electrons. The first-order valence-electron chi connectivity index (χ1n) is 9.34. The Labute approximate surface area is 183 Å². The number of hydrogen-bond donors (Lipinski definition) is 2. The van der Waals surface area contributed by atoms with E-state index >= 15 is 0 Å². The van der Waals surface area contributed by atoms with E-state index in [2.05, 4.69) is 10.7 Å². The average molecular weight is 446 g/mol. The van der Waals surface area contributed by atoms with Crippen molar-refractivity contribution in [3.63, 3.8) is 0 Å². The van der Waals surface area contributed by atoms with Gasteiger partial charge in [0, 0.05) is 18.2 Å². The Morgan fingerprint density at radius 1 is 1.16 bits per heavy atom. The summed E-state index contributed by atoms with van der Waals surface area (Å²) in [4.78, 5) is 48.8. The molecule has 0 radical (unpaired) electrons. The molecule has 0 bridgehead atoms. The van der Waals surface area contributed by atoms with Gasteiger partial charge in [-0.3, -0.25) is 29.6 Å². The highest BCUT2D eigenvalue weighted by Gasteiger charge is 2.36. The summed E-state index contributed by atoms with van der Waals surface area (Å²) in [5, 5.41) is 3.88. The van der Waals surface area contributed by atoms with E-state index in [1.165, 1.54) is 13.2 Å². The molecule has 31 heavy (non-hydrogen) atoms. The molecule has 0 unspecified atom stereocenters. The van der Waals surface area contributed by atoms with E-state index in [9.17, 15) is 19.2 Å². The smallest absolute Gasteiger partial charge is 0.311 e. The van der Waals surface area contributed by atoms with Crippen molar-refractivity contribution in [2.75, 3.05) is 25.6 Å². The maximum absolute atomic E-state index is 12.3. The molecule has 1 aliphatic heterocycles. The van der Waals surface area contributed by atoms with Gasteiger partial charge in [0.05, 0.1) is 30.2 Å². The SMILES string of the molecule is COc1cccc(NC(=O)COC(=O)[C@H]2CC(=O)N(NC(=O)c3ccccc3Cl)C2)c1. The van der Waals surface area contributed by atoms with Crippen LogP contribution < -0.4 is 15.5 Å². The summed E-state index contributed by atoms with van der Waals surface area (Å²) in [5.41, 5.74) is 3.14. The number of carbonyl (C=O) groups is 4. The highest BCUT2D eigenvalue weighted by atomic mass is 35.5. The second kappa shape index (κ2) is 9.94. The van der Waals surface area contributed by atoms with Crippen LogP contribution in [0.4, 0.5) is 5.69 Å². The van der Waals surface area contributed by atoms with Gasteiger partial charge in [-0.15, -0.1) is 0 Å². The summed E-state index contributed by atoms with van der Waals surface area (Å²) >= 11 is 5.98. The molecule has 2 aromatic carbocycles. The van der Waals surface area contributed by atoms with E-state index in [1.54, 1.807) is 42.5 Å². The van der Waals surface area contributed by atoms with Gasteiger partial charge in [-0.1, -0.05) is 29.8 Å². The molecule has 2 N–H and O–H groups in total. The predicted octanol–water partition coefficient (Wildman–Crippen LogP) is 2.02. The molecule has 1 saturated heterocycles. The van der Waals surface area contributed by atoms with Crippen molar-refractivity contribution in [1.82, 2.24) is 10.4 Å². The number of hydrogen-bond acceptors (Lipinski definition) is 6. The minimum Gasteiger partial charge on any atom is -0.497 e. The van der Waals surface area contributed by atoms with Crippen LogP contribution in [0.1, 0.15) is 16.8 Å². The van der Waals surface area contributed by atoms with Gasteiger partial charge in [-0.25, -0.2) is 0 Å². The highest BCUT2D eigenvalue weighted by Crippen LogP contribution is 2.20. The zero-order valence-electron chi connectivity index (χ0n) is 16.6. The number of amides is 3. The van der Waals surface area contributed by atoms with Crippen molar-refractivity contribution in [1.29, 1.82) is 0 Å². The maximum Gasteiger partial charge on any atom is 0.311 e. The predicted molar refractivity (Wildman–Crippen MR) is 111 cm³/mol. The van der Waals surface area contributed by atoms with Crippen LogP contribution in [0.3, 0.4) is 0 Å². The molecule has 0 aromatic heterocycles. The number of methoxy groups -OCH3 is 1. The number of ether oxygens (including phenoxy) is 2. The number of anilines is 1. The number of nitrogens with zero attached hydrogens (tertiary/aromatic N) is 1. The number of rotatable bonds is 7. The highest BCUT2D eigenvalue weighted by molar-refractivity contribution is 6.33. The molecule has 0 spiro atoms. The molecule has 0 aliphatic carbocycles. The molecule has 9 nitrogen and oxygen atoms in total. The Hall–Kier alpha value is -3.59. The van der Waals surface area contributed by atoms with Crippen LogP contribution in [0.25, 0.3) is 0 Å². The Balaban J connectivity index is 1.49. The monoisotopic (exact) mass is 445 g/mol. The summed E-state index contributed by atoms with van der Waals surface area (Å²) in [7, 11) is 1.51. The number of esters is 1. The van der Waals surface area contributed by atoms with Crippen molar-refractivity contribution < 1.29 is 28.7 Å². The molecule has 10 heteroatoms. The summed E-state index contributed by atoms with van der Waals surface area (Å²) in [5.74, 6) is -2.48. The van der Waals surface area contributed by atoms with Crippen molar-refractivity contribution in [3.05, 3.63) is 59.1 Å². The molecule has 0 saturated carbocycles. The zero-order valence-corrected chi connectivity index (χ0v) is 17.3. The summed E-state index contributed by atoms with van der Waals surface area (Å²) in [6.07, 6.45) is -0.140. The van der Waals surface area contributed by atoms with Gasteiger partial charge >= 0.3 is 5.97 Å². The number of nitrogens with one attached hydrogen (secondary N) is 2. The minimum atomic E-state index is -0.802. The molecule has 1 heterocycles. The number of halogens is 1. The second-order valence-electron chi connectivity index (χ2n) is 6.71. The van der Waals surface area contributed by atoms with Gasteiger partial charge in [0.2, 0.25) is 5.91 Å². The Morgan fingerprint density at radius 2 is 1.94 bits per heavy atom. The van der Waals surface area contributed by atoms with Crippen molar-refractivity contribution in [2.24, 2.45) is 5.92 Å². The molecule has 1 aliphatic rings. The first kappa shape index (κ1) is 22.1. The Kier molecular flexibility index (Phi) is 7.09. The van der Waals surface area contributed by atoms with Gasteiger partial charge in [-0.2, -0.15) is 0 Å². The third kappa shape index (κ3) is 5.73. The lowest BCUT2D eigenvalue weighted by Gasteiger charge is -2.18. The number of benzene rings is 2. The molecule has 3 rings (SSSR count). The lowest BCUT2D eigenvalue weighted by molar-refractivity contribution is -0.151. The van der Waals surface area contributed by atoms with Gasteiger partial charge in [0.1, 0.15) is 5.75 Å². The van der Waals surface area contributed by atoms with Crippen molar-refractivity contribution in [3.8, 4) is 5.75 Å². The van der Waals surface area contributed by atoms with Crippen LogP contribution in [0.5, 0.6) is 5.75 Å². The largest absolute Gasteiger partial charge is 0.497 e. The fraction of sp³-hybridized carbons (Fsp3) is 0.238. The number of hydrazine groups is 1. The number of carbonyl (C=O) groups excluding carboxylic acids is 4. The van der Waals surface area contributed by atoms with Crippen molar-refractivity contribution >= 4 is 41.0 Å². The second-order valence-corrected chi connectivity index (χ2v) is 7.12. The normalized spacial score (nSPS) is 15.4. The first-order chi connectivity index (χ1) is 14.9. The summed E-state index contributed by atoms with van der Waals surface area (Å²) in [6, 6.07) is 13.1. The van der Waals surface area contributed by atoms with E-state index in [-0.39, 0.29) is 23.6 Å². The fourth-order valence-corrected chi connectivity index (χ4v) is 3.18. The third-order valence-corrected chi connectivity index (χ3v) is 4.84. The maximum atomic E-state index is 12.3. The lowest BCUT2D eigenvalue weighted by atomic mass is 10.1. The average Bonchev–Trinajstić information content (AvgIpc) is 3.12. The molecule has 1 atom stereocenters. The Morgan fingerprint density at radius 3 is 2.68 bits per heavy atom. The van der Waals surface area contributed by atoms with Crippen LogP contribution in [-0.4, -0.2) is 49.0 Å². The first-order valence-corrected chi connectivity index (χ1v) is 9.71. The van der Waals surface area contributed by atoms with Crippen LogP contribution in [0.2, 0.25) is 5.02 Å². The van der Waals surface area contributed by atoms with Gasteiger partial charge < -0.3 is 14.8 Å². The molecule has 3 amide bonds. The van der Waals surface area contributed by atoms with E-state index in [1.807, 2.05) is 0 Å². The van der Waals surface area contributed by atoms with Crippen molar-refractivity contribution in [2.45, 2.75) is 6.42 Å². The molecule has 1 fully saturated rings. The fourth-order valence-electron chi connectivity index (χ4n) is 2.95. The topological polar surface area (TPSA) is 114 Å². The summed E-state index contributed by atoms with van der Waals surface area (Å²) in [6.45, 7) is -0.571. The van der Waals surface area contributed by atoms with Gasteiger partial charge in [0.25, 0.3) is 11.8 Å². The van der Waals surface area contributed by atoms with E-state index in [4.69, 9.17) is 21.1 Å². The minimum absolute atomic E-state index is 0.0641. The summed E-state index contributed by atoms with van der Waals surface area (Å²) < 4.78 is 10.1.